The number of anilines is 1. The third-order valence-electron chi connectivity index (χ3n) is 5.77. The van der Waals surface area contributed by atoms with E-state index < -0.39 is 12.0 Å². The lowest BCUT2D eigenvalue weighted by Gasteiger charge is -2.39. The van der Waals surface area contributed by atoms with Gasteiger partial charge in [0.25, 0.3) is 0 Å². The van der Waals surface area contributed by atoms with Gasteiger partial charge in [0.15, 0.2) is 5.78 Å². The van der Waals surface area contributed by atoms with Crippen molar-refractivity contribution < 1.29 is 14.7 Å². The summed E-state index contributed by atoms with van der Waals surface area (Å²) in [5, 5.41) is 11.0. The first-order chi connectivity index (χ1) is 14.0. The number of piperazine rings is 1. The Labute approximate surface area is 169 Å². The number of carbonyl (C=O) groups excluding carboxylic acids is 1. The molecule has 0 amide bonds. The summed E-state index contributed by atoms with van der Waals surface area (Å²) in [4.78, 5) is 31.3. The van der Waals surface area contributed by atoms with Crippen molar-refractivity contribution in [3.63, 3.8) is 0 Å². The van der Waals surface area contributed by atoms with Crippen molar-refractivity contribution in [2.75, 3.05) is 31.1 Å². The van der Waals surface area contributed by atoms with E-state index in [1.54, 1.807) is 6.92 Å². The lowest BCUT2D eigenvalue weighted by atomic mass is 10.0. The van der Waals surface area contributed by atoms with Crippen molar-refractivity contribution in [1.29, 1.82) is 0 Å². The molecule has 1 aliphatic rings. The maximum absolute atomic E-state index is 12.2. The molecule has 1 aromatic heterocycles. The number of fused-ring (bicyclic) bond motifs is 1. The Bertz CT molecular complexity index is 1050. The number of carbonyl (C=O) groups is 2. The minimum absolute atomic E-state index is 0.0553. The van der Waals surface area contributed by atoms with Gasteiger partial charge < -0.3 is 15.0 Å². The fourth-order valence-electron chi connectivity index (χ4n) is 4.26. The van der Waals surface area contributed by atoms with Crippen LogP contribution in [0, 0.1) is 6.92 Å². The lowest BCUT2D eigenvalue weighted by molar-refractivity contribution is -0.143. The lowest BCUT2D eigenvalue weighted by Crippen LogP contribution is -2.49. The van der Waals surface area contributed by atoms with E-state index in [1.165, 1.54) is 0 Å². The number of nitrogens with one attached hydrogen (secondary N) is 1. The molecule has 1 atom stereocenters. The molecule has 29 heavy (non-hydrogen) atoms. The molecule has 150 valence electrons. The summed E-state index contributed by atoms with van der Waals surface area (Å²) in [7, 11) is 0. The second-order valence-electron chi connectivity index (χ2n) is 7.58. The quantitative estimate of drug-likeness (QED) is 0.650. The molecule has 6 nitrogen and oxygen atoms in total. The van der Waals surface area contributed by atoms with Crippen LogP contribution in [0.4, 0.5) is 5.69 Å². The highest BCUT2D eigenvalue weighted by Gasteiger charge is 2.33. The zero-order valence-electron chi connectivity index (χ0n) is 16.7. The van der Waals surface area contributed by atoms with E-state index in [1.807, 2.05) is 60.4 Å². The van der Waals surface area contributed by atoms with Crippen LogP contribution in [0.5, 0.6) is 0 Å². The monoisotopic (exact) mass is 391 g/mol. The van der Waals surface area contributed by atoms with Gasteiger partial charge in [0.2, 0.25) is 0 Å². The van der Waals surface area contributed by atoms with Crippen molar-refractivity contribution in [3.8, 4) is 0 Å². The second-order valence-corrected chi connectivity index (χ2v) is 7.58. The van der Waals surface area contributed by atoms with E-state index in [9.17, 15) is 14.7 Å². The number of para-hydroxylation sites is 1. The molecule has 0 radical (unpaired) electrons. The van der Waals surface area contributed by atoms with Crippen LogP contribution in [0.25, 0.3) is 10.9 Å². The number of carboxylic acid groups (broad SMARTS) is 1. The van der Waals surface area contributed by atoms with Gasteiger partial charge in [0.05, 0.1) is 0 Å². The number of aliphatic carboxylic acids is 1. The molecule has 1 aliphatic heterocycles. The number of nitrogens with zero attached hydrogens (tertiary/aromatic N) is 2. The standard InChI is InChI=1S/C23H25N3O3/c1-15-21(19-5-3-4-6-20(19)24-15)22(23(28)29)26-13-11-25(12-14-26)18-9-7-17(8-10-18)16(2)27/h3-10,22,24H,11-14H2,1-2H3,(H,28,29)/t22-/m0/s1. The van der Waals surface area contributed by atoms with Crippen LogP contribution in [0.1, 0.15) is 34.6 Å². The van der Waals surface area contributed by atoms with Crippen LogP contribution in [-0.2, 0) is 4.79 Å². The second kappa shape index (κ2) is 7.72. The molecule has 6 heteroatoms. The Kier molecular flexibility index (Phi) is 5.11. The molecule has 2 heterocycles. The van der Waals surface area contributed by atoms with E-state index in [0.29, 0.717) is 18.7 Å². The summed E-state index contributed by atoms with van der Waals surface area (Å²) in [5.74, 6) is -0.767. The average Bonchev–Trinajstić information content (AvgIpc) is 3.04. The number of Topliss-reactive ketones (excluding diaryl/α,β-unsaturated/α-hetero) is 1. The van der Waals surface area contributed by atoms with Gasteiger partial charge in [0.1, 0.15) is 6.04 Å². The predicted molar refractivity (Wildman–Crippen MR) is 114 cm³/mol. The molecule has 4 rings (SSSR count). The molecule has 2 N–H and O–H groups in total. The van der Waals surface area contributed by atoms with Crippen molar-refractivity contribution in [1.82, 2.24) is 9.88 Å². The number of carboxylic acids is 1. The topological polar surface area (TPSA) is 76.6 Å². The average molecular weight is 391 g/mol. The van der Waals surface area contributed by atoms with Crippen LogP contribution >= 0.6 is 0 Å². The molecule has 0 saturated carbocycles. The molecule has 0 bridgehead atoms. The van der Waals surface area contributed by atoms with Crippen molar-refractivity contribution >= 4 is 28.3 Å². The van der Waals surface area contributed by atoms with Gasteiger partial charge in [-0.15, -0.1) is 0 Å². The van der Waals surface area contributed by atoms with E-state index in [4.69, 9.17) is 0 Å². The van der Waals surface area contributed by atoms with Crippen LogP contribution < -0.4 is 4.90 Å². The number of rotatable bonds is 5. The van der Waals surface area contributed by atoms with Crippen molar-refractivity contribution in [2.24, 2.45) is 0 Å². The number of benzene rings is 2. The molecule has 1 fully saturated rings. The van der Waals surface area contributed by atoms with E-state index in [0.717, 1.165) is 40.9 Å². The summed E-state index contributed by atoms with van der Waals surface area (Å²) in [6.07, 6.45) is 0. The summed E-state index contributed by atoms with van der Waals surface area (Å²) in [6, 6.07) is 14.8. The van der Waals surface area contributed by atoms with Crippen molar-refractivity contribution in [2.45, 2.75) is 19.9 Å². The van der Waals surface area contributed by atoms with Crippen molar-refractivity contribution in [3.05, 3.63) is 65.4 Å². The van der Waals surface area contributed by atoms with E-state index in [2.05, 4.69) is 9.88 Å². The largest absolute Gasteiger partial charge is 0.480 e. The van der Waals surface area contributed by atoms with Gasteiger partial charge in [0, 0.05) is 59.6 Å². The molecule has 0 unspecified atom stereocenters. The maximum Gasteiger partial charge on any atom is 0.325 e. The smallest absolute Gasteiger partial charge is 0.325 e. The fraction of sp³-hybridized carbons (Fsp3) is 0.304. The number of H-pyrrole nitrogens is 1. The number of ketones is 1. The Balaban J connectivity index is 1.54. The normalized spacial score (nSPS) is 16.1. The van der Waals surface area contributed by atoms with Gasteiger partial charge >= 0.3 is 5.97 Å². The number of aryl methyl sites for hydroxylation is 1. The number of hydrogen-bond donors (Lipinski definition) is 2. The Morgan fingerprint density at radius 1 is 1.00 bits per heavy atom. The summed E-state index contributed by atoms with van der Waals surface area (Å²) in [5.41, 5.74) is 4.49. The zero-order chi connectivity index (χ0) is 20.5. The summed E-state index contributed by atoms with van der Waals surface area (Å²) < 4.78 is 0. The molecule has 2 aromatic carbocycles. The number of aromatic amines is 1. The van der Waals surface area contributed by atoms with Crippen LogP contribution in [0.15, 0.2) is 48.5 Å². The first-order valence-corrected chi connectivity index (χ1v) is 9.85. The van der Waals surface area contributed by atoms with Gasteiger partial charge in [-0.05, 0) is 44.2 Å². The van der Waals surface area contributed by atoms with Crippen LogP contribution in [0.2, 0.25) is 0 Å². The van der Waals surface area contributed by atoms with E-state index >= 15 is 0 Å². The zero-order valence-corrected chi connectivity index (χ0v) is 16.7. The summed E-state index contributed by atoms with van der Waals surface area (Å²) in [6.45, 7) is 6.30. The Morgan fingerprint density at radius 2 is 1.66 bits per heavy atom. The van der Waals surface area contributed by atoms with E-state index in [-0.39, 0.29) is 5.78 Å². The van der Waals surface area contributed by atoms with Crippen LogP contribution in [0.3, 0.4) is 0 Å². The van der Waals surface area contributed by atoms with Gasteiger partial charge in [-0.3, -0.25) is 14.5 Å². The number of aromatic nitrogens is 1. The third kappa shape index (κ3) is 3.63. The highest BCUT2D eigenvalue weighted by Crippen LogP contribution is 2.33. The number of hydrogen-bond acceptors (Lipinski definition) is 4. The molecule has 3 aromatic rings. The molecular weight excluding hydrogens is 366 g/mol. The van der Waals surface area contributed by atoms with Gasteiger partial charge in [-0.2, -0.15) is 0 Å². The highest BCUT2D eigenvalue weighted by atomic mass is 16.4. The Hall–Kier alpha value is -3.12. The molecule has 1 saturated heterocycles. The Morgan fingerprint density at radius 3 is 2.28 bits per heavy atom. The maximum atomic E-state index is 12.2. The van der Waals surface area contributed by atoms with Gasteiger partial charge in [-0.1, -0.05) is 18.2 Å². The first-order valence-electron chi connectivity index (χ1n) is 9.85. The summed E-state index contributed by atoms with van der Waals surface area (Å²) >= 11 is 0. The highest BCUT2D eigenvalue weighted by molar-refractivity contribution is 5.94. The molecule has 0 spiro atoms. The first kappa shape index (κ1) is 19.2. The minimum Gasteiger partial charge on any atom is -0.480 e. The molecule has 0 aliphatic carbocycles. The predicted octanol–water partition coefficient (Wildman–Crippen LogP) is 3.63. The van der Waals surface area contributed by atoms with Crippen LogP contribution in [-0.4, -0.2) is 52.9 Å². The minimum atomic E-state index is -0.822. The van der Waals surface area contributed by atoms with Gasteiger partial charge in [-0.25, -0.2) is 0 Å². The third-order valence-corrected chi connectivity index (χ3v) is 5.77. The molecular formula is C23H25N3O3. The SMILES string of the molecule is CC(=O)c1ccc(N2CCN([C@H](C(=O)O)c3c(C)[nH]c4ccccc34)CC2)cc1. The fourth-order valence-corrected chi connectivity index (χ4v) is 4.26.